The Labute approximate surface area is 115 Å². The molecule has 1 atom stereocenters. The smallest absolute Gasteiger partial charge is 0.332 e. The molecule has 0 aliphatic carbocycles. The second-order valence-corrected chi connectivity index (χ2v) is 4.84. The van der Waals surface area contributed by atoms with Gasteiger partial charge in [0, 0.05) is 12.1 Å². The van der Waals surface area contributed by atoms with Gasteiger partial charge in [-0.3, -0.25) is 9.59 Å². The number of nitrogens with zero attached hydrogens (tertiary/aromatic N) is 2. The third-order valence-electron chi connectivity index (χ3n) is 3.60. The quantitative estimate of drug-likeness (QED) is 0.597. The summed E-state index contributed by atoms with van der Waals surface area (Å²) in [5.41, 5.74) is 1.04. The highest BCUT2D eigenvalue weighted by atomic mass is 16.5. The molecule has 0 bridgehead atoms. The van der Waals surface area contributed by atoms with Crippen molar-refractivity contribution in [2.45, 2.75) is 13.0 Å². The van der Waals surface area contributed by atoms with Gasteiger partial charge in [0.2, 0.25) is 0 Å². The van der Waals surface area contributed by atoms with Crippen LogP contribution in [0.1, 0.15) is 17.3 Å². The summed E-state index contributed by atoms with van der Waals surface area (Å²) < 4.78 is 5.25. The Bertz CT molecular complexity index is 557. The van der Waals surface area contributed by atoms with Crippen LogP contribution in [0.25, 0.3) is 0 Å². The van der Waals surface area contributed by atoms with E-state index in [2.05, 4.69) is 0 Å². The molecule has 1 aromatic rings. The van der Waals surface area contributed by atoms with Crippen LogP contribution in [-0.4, -0.2) is 48.4 Å². The Hall–Kier alpha value is -2.21. The molecule has 104 valence electrons. The summed E-state index contributed by atoms with van der Waals surface area (Å²) in [4.78, 5) is 38.5. The molecule has 6 nitrogen and oxygen atoms in total. The van der Waals surface area contributed by atoms with E-state index in [0.717, 1.165) is 4.90 Å². The summed E-state index contributed by atoms with van der Waals surface area (Å²) in [7, 11) is 0. The van der Waals surface area contributed by atoms with Crippen molar-refractivity contribution in [1.29, 1.82) is 0 Å². The van der Waals surface area contributed by atoms with E-state index < -0.39 is 6.04 Å². The second kappa shape index (κ2) is 4.72. The lowest BCUT2D eigenvalue weighted by Gasteiger charge is -2.26. The van der Waals surface area contributed by atoms with Gasteiger partial charge in [-0.05, 0) is 31.2 Å². The number of rotatable bonds is 2. The number of ketones is 1. The number of urea groups is 1. The molecule has 0 spiro atoms. The first-order valence-electron chi connectivity index (χ1n) is 6.43. The number of fused-ring (bicyclic) bond motifs is 1. The minimum absolute atomic E-state index is 0.0542. The number of Topliss-reactive ketones (excluding diaryl/α,β-unsaturated/α-hetero) is 1. The lowest BCUT2D eigenvalue weighted by atomic mass is 10.1. The summed E-state index contributed by atoms with van der Waals surface area (Å²) in [6.45, 7) is 2.59. The number of morpholine rings is 1. The monoisotopic (exact) mass is 274 g/mol. The van der Waals surface area contributed by atoms with E-state index in [4.69, 9.17) is 4.74 Å². The predicted octanol–water partition coefficient (Wildman–Crippen LogP) is 1.06. The molecule has 0 aromatic heterocycles. The molecule has 6 heteroatoms. The standard InChI is InChI=1S/C14H14N2O4/c1-9(17)10-2-4-11(5-3-10)16-13(18)12-8-20-7-6-15(12)14(16)19/h2-5,12H,6-8H2,1H3/t12-/m1/s1. The Morgan fingerprint density at radius 3 is 2.55 bits per heavy atom. The number of hydrogen-bond acceptors (Lipinski definition) is 4. The normalized spacial score (nSPS) is 22.1. The molecular weight excluding hydrogens is 260 g/mol. The van der Waals surface area contributed by atoms with Gasteiger partial charge in [-0.15, -0.1) is 0 Å². The lowest BCUT2D eigenvalue weighted by Crippen LogP contribution is -2.45. The van der Waals surface area contributed by atoms with E-state index >= 15 is 0 Å². The first-order chi connectivity index (χ1) is 9.59. The van der Waals surface area contributed by atoms with Crippen molar-refractivity contribution in [3.05, 3.63) is 29.8 Å². The molecule has 0 saturated carbocycles. The molecule has 1 aromatic carbocycles. The first-order valence-corrected chi connectivity index (χ1v) is 6.43. The van der Waals surface area contributed by atoms with Crippen molar-refractivity contribution in [2.24, 2.45) is 0 Å². The molecule has 2 aliphatic rings. The minimum Gasteiger partial charge on any atom is -0.377 e. The summed E-state index contributed by atoms with van der Waals surface area (Å²) in [6, 6.07) is 5.62. The SMILES string of the molecule is CC(=O)c1ccc(N2C(=O)[C@H]3COCCN3C2=O)cc1. The van der Waals surface area contributed by atoms with E-state index in [1.165, 1.54) is 11.8 Å². The van der Waals surface area contributed by atoms with E-state index in [1.54, 1.807) is 24.3 Å². The Kier molecular flexibility index (Phi) is 3.02. The first kappa shape index (κ1) is 12.8. The minimum atomic E-state index is -0.524. The van der Waals surface area contributed by atoms with E-state index in [-0.39, 0.29) is 24.3 Å². The van der Waals surface area contributed by atoms with Gasteiger partial charge in [-0.1, -0.05) is 0 Å². The maximum absolute atomic E-state index is 12.3. The fourth-order valence-corrected chi connectivity index (χ4v) is 2.49. The number of hydrogen-bond donors (Lipinski definition) is 0. The van der Waals surface area contributed by atoms with Gasteiger partial charge in [-0.2, -0.15) is 0 Å². The number of amides is 3. The molecule has 2 saturated heterocycles. The highest BCUT2D eigenvalue weighted by Crippen LogP contribution is 2.27. The van der Waals surface area contributed by atoms with Crippen molar-refractivity contribution in [3.8, 4) is 0 Å². The molecule has 2 heterocycles. The topological polar surface area (TPSA) is 66.9 Å². The van der Waals surface area contributed by atoms with Crippen LogP contribution in [0, 0.1) is 0 Å². The Morgan fingerprint density at radius 1 is 1.25 bits per heavy atom. The van der Waals surface area contributed by atoms with Gasteiger partial charge >= 0.3 is 6.03 Å². The highest BCUT2D eigenvalue weighted by molar-refractivity contribution is 6.21. The van der Waals surface area contributed by atoms with E-state index in [1.807, 2.05) is 0 Å². The van der Waals surface area contributed by atoms with Gasteiger partial charge in [-0.25, -0.2) is 9.69 Å². The molecule has 2 aliphatic heterocycles. The number of imide groups is 1. The fourth-order valence-electron chi connectivity index (χ4n) is 2.49. The van der Waals surface area contributed by atoms with E-state index in [9.17, 15) is 14.4 Å². The van der Waals surface area contributed by atoms with Crippen molar-refractivity contribution in [2.75, 3.05) is 24.7 Å². The molecule has 3 amide bonds. The number of benzene rings is 1. The number of carbonyl (C=O) groups excluding carboxylic acids is 3. The van der Waals surface area contributed by atoms with Crippen LogP contribution in [0.2, 0.25) is 0 Å². The van der Waals surface area contributed by atoms with Crippen LogP contribution in [0.15, 0.2) is 24.3 Å². The molecule has 0 radical (unpaired) electrons. The van der Waals surface area contributed by atoms with Crippen molar-refractivity contribution in [3.63, 3.8) is 0 Å². The molecule has 20 heavy (non-hydrogen) atoms. The van der Waals surface area contributed by atoms with Crippen LogP contribution in [0.4, 0.5) is 10.5 Å². The lowest BCUT2D eigenvalue weighted by molar-refractivity contribution is -0.123. The second-order valence-electron chi connectivity index (χ2n) is 4.84. The van der Waals surface area contributed by atoms with Crippen LogP contribution in [0.3, 0.4) is 0 Å². The summed E-state index contributed by atoms with van der Waals surface area (Å²) in [5.74, 6) is -0.327. The van der Waals surface area contributed by atoms with Gasteiger partial charge in [0.1, 0.15) is 6.04 Å². The fraction of sp³-hybridized carbons (Fsp3) is 0.357. The van der Waals surface area contributed by atoms with Gasteiger partial charge in [0.25, 0.3) is 5.91 Å². The Morgan fingerprint density at radius 2 is 1.95 bits per heavy atom. The maximum atomic E-state index is 12.3. The van der Waals surface area contributed by atoms with Crippen molar-refractivity contribution in [1.82, 2.24) is 4.90 Å². The van der Waals surface area contributed by atoms with Crippen molar-refractivity contribution >= 4 is 23.4 Å². The highest BCUT2D eigenvalue weighted by Gasteiger charge is 2.47. The predicted molar refractivity (Wildman–Crippen MR) is 70.6 cm³/mol. The van der Waals surface area contributed by atoms with Crippen LogP contribution < -0.4 is 4.90 Å². The Balaban J connectivity index is 1.91. The van der Waals surface area contributed by atoms with Gasteiger partial charge < -0.3 is 9.64 Å². The zero-order chi connectivity index (χ0) is 14.3. The average molecular weight is 274 g/mol. The molecule has 0 N–H and O–H groups in total. The van der Waals surface area contributed by atoms with Crippen molar-refractivity contribution < 1.29 is 19.1 Å². The molecule has 3 rings (SSSR count). The van der Waals surface area contributed by atoms with Crippen LogP contribution >= 0.6 is 0 Å². The van der Waals surface area contributed by atoms with Crippen LogP contribution in [-0.2, 0) is 9.53 Å². The zero-order valence-corrected chi connectivity index (χ0v) is 11.0. The number of anilines is 1. The number of carbonyl (C=O) groups is 3. The maximum Gasteiger partial charge on any atom is 0.332 e. The zero-order valence-electron chi connectivity index (χ0n) is 11.0. The summed E-state index contributed by atoms with van der Waals surface area (Å²) in [5, 5.41) is 0. The average Bonchev–Trinajstić information content (AvgIpc) is 2.72. The third-order valence-corrected chi connectivity index (χ3v) is 3.60. The third kappa shape index (κ3) is 1.89. The van der Waals surface area contributed by atoms with Gasteiger partial charge in [0.05, 0.1) is 18.9 Å². The number of ether oxygens (including phenoxy) is 1. The molecular formula is C14H14N2O4. The van der Waals surface area contributed by atoms with Crippen LogP contribution in [0.5, 0.6) is 0 Å². The summed E-state index contributed by atoms with van der Waals surface area (Å²) >= 11 is 0. The van der Waals surface area contributed by atoms with E-state index in [0.29, 0.717) is 24.4 Å². The summed E-state index contributed by atoms with van der Waals surface area (Å²) in [6.07, 6.45) is 0. The molecule has 2 fully saturated rings. The van der Waals surface area contributed by atoms with Gasteiger partial charge in [0.15, 0.2) is 5.78 Å². The largest absolute Gasteiger partial charge is 0.377 e. The molecule has 0 unspecified atom stereocenters.